The van der Waals surface area contributed by atoms with Gasteiger partial charge in [-0.05, 0) is 6.07 Å². The zero-order valence-electron chi connectivity index (χ0n) is 7.97. The smallest absolute Gasteiger partial charge is 0.306 e. The van der Waals surface area contributed by atoms with Crippen molar-refractivity contribution in [2.45, 2.75) is 18.6 Å². The Balaban J connectivity index is 2.83. The lowest BCUT2D eigenvalue weighted by atomic mass is 10.0. The number of pyridine rings is 1. The van der Waals surface area contributed by atoms with Crippen molar-refractivity contribution in [1.82, 2.24) is 4.98 Å². The molecule has 1 rings (SSSR count). The van der Waals surface area contributed by atoms with E-state index in [4.69, 9.17) is 16.7 Å². The monoisotopic (exact) mass is 249 g/mol. The molecule has 2 unspecified atom stereocenters. The average Bonchev–Trinajstić information content (AvgIpc) is 2.20. The van der Waals surface area contributed by atoms with Crippen molar-refractivity contribution in [2.24, 2.45) is 0 Å². The molecule has 0 aliphatic carbocycles. The average molecular weight is 250 g/mol. The first-order chi connectivity index (χ1) is 7.41. The maximum absolute atomic E-state index is 12.7. The molecule has 0 radical (unpaired) electrons. The second-order valence-corrected chi connectivity index (χ2v) is 3.56. The number of halogens is 2. The number of carboxylic acid groups (broad SMARTS) is 1. The van der Waals surface area contributed by atoms with Gasteiger partial charge >= 0.3 is 5.97 Å². The van der Waals surface area contributed by atoms with Gasteiger partial charge in [0.05, 0.1) is 17.5 Å². The molecular formula is C9H9ClFNO4. The topological polar surface area (TPSA) is 90.7 Å². The number of aliphatic hydroxyl groups is 2. The summed E-state index contributed by atoms with van der Waals surface area (Å²) in [5, 5.41) is 26.9. The second-order valence-electron chi connectivity index (χ2n) is 3.15. The highest BCUT2D eigenvalue weighted by Gasteiger charge is 2.22. The summed E-state index contributed by atoms with van der Waals surface area (Å²) in [7, 11) is 0. The van der Waals surface area contributed by atoms with Crippen LogP contribution in [0.1, 0.15) is 18.1 Å². The zero-order valence-corrected chi connectivity index (χ0v) is 8.73. The van der Waals surface area contributed by atoms with E-state index in [0.717, 1.165) is 12.3 Å². The molecule has 1 heterocycles. The number of rotatable bonds is 4. The minimum absolute atomic E-state index is 0.0557. The van der Waals surface area contributed by atoms with Crippen LogP contribution in [0.15, 0.2) is 12.3 Å². The minimum Gasteiger partial charge on any atom is -0.481 e. The first-order valence-corrected chi connectivity index (χ1v) is 4.68. The van der Waals surface area contributed by atoms with Crippen molar-refractivity contribution in [1.29, 1.82) is 0 Å². The Labute approximate surface area is 95.1 Å². The molecule has 0 aliphatic heterocycles. The van der Waals surface area contributed by atoms with Crippen LogP contribution < -0.4 is 0 Å². The zero-order chi connectivity index (χ0) is 12.3. The number of carbonyl (C=O) groups is 1. The van der Waals surface area contributed by atoms with E-state index in [1.165, 1.54) is 0 Å². The third-order valence-electron chi connectivity index (χ3n) is 1.91. The lowest BCUT2D eigenvalue weighted by molar-refractivity contribution is -0.141. The van der Waals surface area contributed by atoms with Gasteiger partial charge in [0.25, 0.3) is 0 Å². The molecule has 7 heteroatoms. The van der Waals surface area contributed by atoms with Crippen molar-refractivity contribution in [2.75, 3.05) is 0 Å². The van der Waals surface area contributed by atoms with Crippen molar-refractivity contribution in [3.05, 3.63) is 28.8 Å². The van der Waals surface area contributed by atoms with Gasteiger partial charge in [-0.2, -0.15) is 4.39 Å². The van der Waals surface area contributed by atoms with Crippen LogP contribution in [0.4, 0.5) is 4.39 Å². The summed E-state index contributed by atoms with van der Waals surface area (Å²) in [6.45, 7) is 0. The summed E-state index contributed by atoms with van der Waals surface area (Å²) in [5.41, 5.74) is 0.0557. The lowest BCUT2D eigenvalue weighted by Crippen LogP contribution is -2.22. The number of nitrogens with zero attached hydrogens (tertiary/aromatic N) is 1. The van der Waals surface area contributed by atoms with Crippen LogP contribution in [-0.4, -0.2) is 32.4 Å². The molecule has 0 saturated heterocycles. The summed E-state index contributed by atoms with van der Waals surface area (Å²) >= 11 is 5.42. The molecule has 88 valence electrons. The third kappa shape index (κ3) is 3.13. The molecule has 1 aromatic heterocycles. The molecule has 0 aliphatic rings. The van der Waals surface area contributed by atoms with Crippen LogP contribution in [0.25, 0.3) is 0 Å². The Bertz CT molecular complexity index is 401. The Morgan fingerprint density at radius 3 is 2.69 bits per heavy atom. The molecule has 1 aromatic rings. The third-order valence-corrected chi connectivity index (χ3v) is 2.17. The number of aliphatic carboxylic acids is 1. The van der Waals surface area contributed by atoms with E-state index in [0.29, 0.717) is 0 Å². The van der Waals surface area contributed by atoms with Crippen LogP contribution in [0, 0.1) is 5.95 Å². The Morgan fingerprint density at radius 2 is 2.19 bits per heavy atom. The maximum Gasteiger partial charge on any atom is 0.306 e. The number of aliphatic hydroxyl groups excluding tert-OH is 2. The van der Waals surface area contributed by atoms with Crippen LogP contribution in [-0.2, 0) is 4.79 Å². The second kappa shape index (κ2) is 5.20. The van der Waals surface area contributed by atoms with E-state index in [1.54, 1.807) is 0 Å². The highest BCUT2D eigenvalue weighted by molar-refractivity contribution is 6.30. The molecule has 16 heavy (non-hydrogen) atoms. The van der Waals surface area contributed by atoms with Gasteiger partial charge in [0.1, 0.15) is 6.10 Å². The highest BCUT2D eigenvalue weighted by Crippen LogP contribution is 2.22. The normalized spacial score (nSPS) is 14.5. The van der Waals surface area contributed by atoms with Crippen LogP contribution in [0.2, 0.25) is 5.02 Å². The quantitative estimate of drug-likeness (QED) is 0.685. The van der Waals surface area contributed by atoms with Gasteiger partial charge in [0, 0.05) is 11.8 Å². The largest absolute Gasteiger partial charge is 0.481 e. The molecule has 2 atom stereocenters. The fourth-order valence-corrected chi connectivity index (χ4v) is 1.29. The summed E-state index contributed by atoms with van der Waals surface area (Å²) in [4.78, 5) is 13.5. The van der Waals surface area contributed by atoms with E-state index in [9.17, 15) is 19.4 Å². The summed E-state index contributed by atoms with van der Waals surface area (Å²) < 4.78 is 12.7. The maximum atomic E-state index is 12.7. The molecule has 0 amide bonds. The molecule has 0 saturated carbocycles. The van der Waals surface area contributed by atoms with Gasteiger partial charge in [-0.15, -0.1) is 0 Å². The molecule has 0 fully saturated rings. The van der Waals surface area contributed by atoms with Crippen molar-refractivity contribution >= 4 is 17.6 Å². The van der Waals surface area contributed by atoms with Crippen molar-refractivity contribution < 1.29 is 24.5 Å². The molecule has 0 bridgehead atoms. The van der Waals surface area contributed by atoms with E-state index in [-0.39, 0.29) is 10.6 Å². The first-order valence-electron chi connectivity index (χ1n) is 4.30. The summed E-state index contributed by atoms with van der Waals surface area (Å²) in [5.74, 6) is -2.15. The van der Waals surface area contributed by atoms with Crippen molar-refractivity contribution in [3.63, 3.8) is 0 Å². The highest BCUT2D eigenvalue weighted by atomic mass is 35.5. The SMILES string of the molecule is O=C(O)CC(O)C(O)c1cnc(F)c(Cl)c1. The summed E-state index contributed by atoms with van der Waals surface area (Å²) in [6, 6.07) is 1.08. The van der Waals surface area contributed by atoms with Gasteiger partial charge in [-0.25, -0.2) is 4.98 Å². The van der Waals surface area contributed by atoms with Crippen LogP contribution in [0.3, 0.4) is 0 Å². The molecule has 0 aromatic carbocycles. The predicted octanol–water partition coefficient (Wildman–Crippen LogP) is 0.743. The van der Waals surface area contributed by atoms with E-state index in [2.05, 4.69) is 4.98 Å². The molecular weight excluding hydrogens is 241 g/mol. The number of hydrogen-bond acceptors (Lipinski definition) is 4. The minimum atomic E-state index is -1.50. The van der Waals surface area contributed by atoms with Crippen molar-refractivity contribution in [3.8, 4) is 0 Å². The van der Waals surface area contributed by atoms with Gasteiger partial charge in [0.15, 0.2) is 0 Å². The Morgan fingerprint density at radius 1 is 1.56 bits per heavy atom. The number of hydrogen-bond donors (Lipinski definition) is 3. The predicted molar refractivity (Wildman–Crippen MR) is 52.4 cm³/mol. The Kier molecular flexibility index (Phi) is 4.17. The van der Waals surface area contributed by atoms with Gasteiger partial charge in [0.2, 0.25) is 5.95 Å². The number of carboxylic acids is 1. The lowest BCUT2D eigenvalue weighted by Gasteiger charge is -2.16. The standard InChI is InChI=1S/C9H9ClFNO4/c10-5-1-4(3-12-9(5)11)8(16)6(13)2-7(14)15/h1,3,6,8,13,16H,2H2,(H,14,15). The first kappa shape index (κ1) is 12.8. The van der Waals surface area contributed by atoms with E-state index >= 15 is 0 Å². The van der Waals surface area contributed by atoms with Crippen LogP contribution >= 0.6 is 11.6 Å². The van der Waals surface area contributed by atoms with E-state index in [1.807, 2.05) is 0 Å². The molecule has 5 nitrogen and oxygen atoms in total. The fourth-order valence-electron chi connectivity index (χ4n) is 1.11. The molecule has 3 N–H and O–H groups in total. The van der Waals surface area contributed by atoms with Gasteiger partial charge in [-0.3, -0.25) is 4.79 Å². The summed E-state index contributed by atoms with van der Waals surface area (Å²) in [6.07, 6.45) is -2.62. The number of aromatic nitrogens is 1. The van der Waals surface area contributed by atoms with E-state index < -0.39 is 30.5 Å². The molecule has 0 spiro atoms. The van der Waals surface area contributed by atoms with Gasteiger partial charge < -0.3 is 15.3 Å². The van der Waals surface area contributed by atoms with Crippen LogP contribution in [0.5, 0.6) is 0 Å². The Hall–Kier alpha value is -1.24. The fraction of sp³-hybridized carbons (Fsp3) is 0.333. The van der Waals surface area contributed by atoms with Gasteiger partial charge in [-0.1, -0.05) is 11.6 Å².